The first kappa shape index (κ1) is 14.8. The van der Waals surface area contributed by atoms with Gasteiger partial charge in [-0.05, 0) is 19.1 Å². The summed E-state index contributed by atoms with van der Waals surface area (Å²) in [6.45, 7) is 7.67. The Balaban J connectivity index is 2.77. The summed E-state index contributed by atoms with van der Waals surface area (Å²) in [5.74, 6) is -1.12. The molecule has 0 saturated heterocycles. The highest BCUT2D eigenvalue weighted by Crippen LogP contribution is 2.28. The maximum Gasteiger partial charge on any atom is 0.168 e. The van der Waals surface area contributed by atoms with Gasteiger partial charge in [0.05, 0.1) is 5.69 Å². The first-order chi connectivity index (χ1) is 9.21. The Labute approximate surface area is 121 Å². The van der Waals surface area contributed by atoms with Crippen LogP contribution in [-0.2, 0) is 5.41 Å². The van der Waals surface area contributed by atoms with Crippen LogP contribution < -0.4 is 0 Å². The van der Waals surface area contributed by atoms with Crippen molar-refractivity contribution in [2.24, 2.45) is 0 Å². The molecule has 0 atom stereocenters. The molecule has 1 heterocycles. The van der Waals surface area contributed by atoms with Crippen molar-refractivity contribution in [3.05, 3.63) is 45.9 Å². The van der Waals surface area contributed by atoms with Gasteiger partial charge >= 0.3 is 0 Å². The van der Waals surface area contributed by atoms with Crippen LogP contribution in [0.1, 0.15) is 32.2 Å². The van der Waals surface area contributed by atoms with Crippen LogP contribution in [-0.4, -0.2) is 9.97 Å². The Morgan fingerprint density at radius 1 is 1.20 bits per heavy atom. The Morgan fingerprint density at radius 2 is 1.85 bits per heavy atom. The number of halogens is 2. The fourth-order valence-corrected chi connectivity index (χ4v) is 2.05. The average molecular weight is 294 g/mol. The van der Waals surface area contributed by atoms with Crippen LogP contribution in [0.5, 0.6) is 0 Å². The predicted octanol–water partition coefficient (Wildman–Crippen LogP) is 4.69. The molecule has 0 bridgehead atoms. The second-order valence-corrected chi connectivity index (χ2v) is 6.13. The highest BCUT2D eigenvalue weighted by Gasteiger charge is 2.20. The third kappa shape index (κ3) is 2.63. The zero-order chi connectivity index (χ0) is 15.1. The van der Waals surface area contributed by atoms with Crippen LogP contribution in [0, 0.1) is 23.2 Å². The number of aromatic nitrogens is 2. The van der Waals surface area contributed by atoms with E-state index in [4.69, 9.17) is 12.2 Å². The molecule has 0 unspecified atom stereocenters. The van der Waals surface area contributed by atoms with Crippen molar-refractivity contribution in [2.75, 3.05) is 0 Å². The van der Waals surface area contributed by atoms with E-state index in [9.17, 15) is 8.78 Å². The SMILES string of the molecule is Cc1c(-c2cccc(F)c2F)[nH]c(C(C)(C)C)nc1=S. The second kappa shape index (κ2) is 5.05. The molecule has 20 heavy (non-hydrogen) atoms. The molecule has 0 amide bonds. The lowest BCUT2D eigenvalue weighted by atomic mass is 9.95. The number of H-pyrrole nitrogens is 1. The van der Waals surface area contributed by atoms with Crippen LogP contribution in [0.15, 0.2) is 18.2 Å². The molecule has 0 aliphatic heterocycles. The number of nitrogens with one attached hydrogen (secondary N) is 1. The van der Waals surface area contributed by atoms with Crippen molar-refractivity contribution in [3.8, 4) is 11.3 Å². The lowest BCUT2D eigenvalue weighted by molar-refractivity contribution is 0.510. The molecule has 2 rings (SSSR count). The number of hydrogen-bond donors (Lipinski definition) is 1. The van der Waals surface area contributed by atoms with E-state index in [-0.39, 0.29) is 11.0 Å². The normalized spacial score (nSPS) is 11.7. The van der Waals surface area contributed by atoms with Crippen molar-refractivity contribution in [1.29, 1.82) is 0 Å². The van der Waals surface area contributed by atoms with Gasteiger partial charge in [0.1, 0.15) is 10.5 Å². The van der Waals surface area contributed by atoms with Gasteiger partial charge in [-0.25, -0.2) is 13.8 Å². The molecular formula is C15H16F2N2S. The summed E-state index contributed by atoms with van der Waals surface area (Å²) in [4.78, 5) is 7.42. The summed E-state index contributed by atoms with van der Waals surface area (Å²) in [5, 5.41) is 0. The molecule has 0 radical (unpaired) electrons. The lowest BCUT2D eigenvalue weighted by Gasteiger charge is -2.20. The maximum atomic E-state index is 14.0. The van der Waals surface area contributed by atoms with E-state index in [1.54, 1.807) is 6.92 Å². The molecular weight excluding hydrogens is 278 g/mol. The summed E-state index contributed by atoms with van der Waals surface area (Å²) in [6.07, 6.45) is 0. The van der Waals surface area contributed by atoms with E-state index < -0.39 is 11.6 Å². The highest BCUT2D eigenvalue weighted by atomic mass is 32.1. The molecule has 2 nitrogen and oxygen atoms in total. The van der Waals surface area contributed by atoms with Crippen LogP contribution in [0.4, 0.5) is 8.78 Å². The zero-order valence-electron chi connectivity index (χ0n) is 11.8. The van der Waals surface area contributed by atoms with Gasteiger partial charge < -0.3 is 4.98 Å². The topological polar surface area (TPSA) is 28.7 Å². The van der Waals surface area contributed by atoms with E-state index in [0.29, 0.717) is 21.7 Å². The van der Waals surface area contributed by atoms with Crippen molar-refractivity contribution in [2.45, 2.75) is 33.1 Å². The van der Waals surface area contributed by atoms with Crippen molar-refractivity contribution < 1.29 is 8.78 Å². The van der Waals surface area contributed by atoms with E-state index in [2.05, 4.69) is 9.97 Å². The minimum absolute atomic E-state index is 0.168. The number of benzene rings is 1. The summed E-state index contributed by atoms with van der Waals surface area (Å²) >= 11 is 5.23. The highest BCUT2D eigenvalue weighted by molar-refractivity contribution is 7.71. The number of hydrogen-bond acceptors (Lipinski definition) is 2. The molecule has 0 spiro atoms. The summed E-state index contributed by atoms with van der Waals surface area (Å²) < 4.78 is 27.8. The van der Waals surface area contributed by atoms with Gasteiger partial charge in [-0.2, -0.15) is 0 Å². The Kier molecular flexibility index (Phi) is 3.73. The number of rotatable bonds is 1. The molecule has 0 fully saturated rings. The molecule has 0 aliphatic rings. The van der Waals surface area contributed by atoms with Gasteiger partial charge in [0.15, 0.2) is 11.6 Å². The standard InChI is InChI=1S/C15H16F2N2S/c1-8-12(9-6-5-7-10(16)11(9)17)18-14(15(2,3)4)19-13(8)20/h5-7H,1-4H3,(H,18,19,20). The second-order valence-electron chi connectivity index (χ2n) is 5.74. The van der Waals surface area contributed by atoms with E-state index in [1.807, 2.05) is 20.8 Å². The van der Waals surface area contributed by atoms with Crippen molar-refractivity contribution in [1.82, 2.24) is 9.97 Å². The average Bonchev–Trinajstić information content (AvgIpc) is 2.35. The van der Waals surface area contributed by atoms with Crippen molar-refractivity contribution >= 4 is 12.2 Å². The summed E-state index contributed by atoms with van der Waals surface area (Å²) in [7, 11) is 0. The fourth-order valence-electron chi connectivity index (χ4n) is 1.85. The van der Waals surface area contributed by atoms with Gasteiger partial charge in [-0.1, -0.05) is 39.1 Å². The van der Waals surface area contributed by atoms with E-state index >= 15 is 0 Å². The minimum Gasteiger partial charge on any atom is -0.342 e. The van der Waals surface area contributed by atoms with Gasteiger partial charge in [0, 0.05) is 16.5 Å². The van der Waals surface area contributed by atoms with Gasteiger partial charge in [-0.15, -0.1) is 0 Å². The molecule has 0 aliphatic carbocycles. The molecule has 2 aromatic rings. The molecule has 1 aromatic heterocycles. The Hall–Kier alpha value is -1.62. The number of aromatic amines is 1. The van der Waals surface area contributed by atoms with Gasteiger partial charge in [0.25, 0.3) is 0 Å². The minimum atomic E-state index is -0.882. The van der Waals surface area contributed by atoms with E-state index in [0.717, 1.165) is 6.07 Å². The molecule has 106 valence electrons. The summed E-state index contributed by atoms with van der Waals surface area (Å²) in [6, 6.07) is 4.09. The lowest BCUT2D eigenvalue weighted by Crippen LogP contribution is -2.17. The first-order valence-corrected chi connectivity index (χ1v) is 6.68. The van der Waals surface area contributed by atoms with Crippen LogP contribution >= 0.6 is 12.2 Å². The van der Waals surface area contributed by atoms with Crippen LogP contribution in [0.25, 0.3) is 11.3 Å². The third-order valence-corrected chi connectivity index (χ3v) is 3.48. The van der Waals surface area contributed by atoms with Gasteiger partial charge in [0.2, 0.25) is 0 Å². The molecule has 0 saturated carbocycles. The Bertz CT molecular complexity index is 715. The zero-order valence-corrected chi connectivity index (χ0v) is 12.7. The smallest absolute Gasteiger partial charge is 0.168 e. The molecule has 1 aromatic carbocycles. The predicted molar refractivity (Wildman–Crippen MR) is 78.2 cm³/mol. The Morgan fingerprint density at radius 3 is 2.45 bits per heavy atom. The number of nitrogens with zero attached hydrogens (tertiary/aromatic N) is 1. The first-order valence-electron chi connectivity index (χ1n) is 6.27. The maximum absolute atomic E-state index is 14.0. The monoisotopic (exact) mass is 294 g/mol. The largest absolute Gasteiger partial charge is 0.342 e. The molecule has 5 heteroatoms. The van der Waals surface area contributed by atoms with Gasteiger partial charge in [-0.3, -0.25) is 0 Å². The summed E-state index contributed by atoms with van der Waals surface area (Å²) in [5.41, 5.74) is 1.02. The van der Waals surface area contributed by atoms with Crippen LogP contribution in [0.2, 0.25) is 0 Å². The fraction of sp³-hybridized carbons (Fsp3) is 0.333. The van der Waals surface area contributed by atoms with Crippen molar-refractivity contribution in [3.63, 3.8) is 0 Å². The van der Waals surface area contributed by atoms with E-state index in [1.165, 1.54) is 12.1 Å². The third-order valence-electron chi connectivity index (χ3n) is 3.08. The molecule has 1 N–H and O–H groups in total. The van der Waals surface area contributed by atoms with Crippen LogP contribution in [0.3, 0.4) is 0 Å². The quantitative estimate of drug-likeness (QED) is 0.773.